The van der Waals surface area contributed by atoms with Crippen LogP contribution in [-0.2, 0) is 19.0 Å². The van der Waals surface area contributed by atoms with Crippen molar-refractivity contribution in [3.63, 3.8) is 0 Å². The fourth-order valence-electron chi connectivity index (χ4n) is 9.19. The summed E-state index contributed by atoms with van der Waals surface area (Å²) in [6.07, 6.45) is 16.2. The first-order valence-corrected chi connectivity index (χ1v) is 18.5. The van der Waals surface area contributed by atoms with Crippen LogP contribution in [0.3, 0.4) is 0 Å². The number of aromatic nitrogens is 1. The van der Waals surface area contributed by atoms with Gasteiger partial charge in [-0.2, -0.15) is 0 Å². The van der Waals surface area contributed by atoms with Gasteiger partial charge in [0, 0.05) is 25.4 Å². The maximum Gasteiger partial charge on any atom is 0.408 e. The molecule has 270 valence electrons. The third-order valence-corrected chi connectivity index (χ3v) is 11.5. The Morgan fingerprint density at radius 1 is 0.918 bits per heavy atom. The molecule has 1 aromatic heterocycles. The van der Waals surface area contributed by atoms with Gasteiger partial charge in [-0.3, -0.25) is 4.98 Å². The third kappa shape index (κ3) is 8.69. The number of hydrogen-bond donors (Lipinski definition) is 2. The minimum Gasteiger partial charge on any atom is -0.461 e. The molecule has 9 nitrogen and oxygen atoms in total. The van der Waals surface area contributed by atoms with Crippen LogP contribution in [0.5, 0.6) is 0 Å². The summed E-state index contributed by atoms with van der Waals surface area (Å²) in [6, 6.07) is 3.41. The fourth-order valence-corrected chi connectivity index (χ4v) is 9.19. The van der Waals surface area contributed by atoms with Gasteiger partial charge in [0.15, 0.2) is 0 Å². The van der Waals surface area contributed by atoms with E-state index >= 15 is 0 Å². The number of amides is 2. The highest BCUT2D eigenvalue weighted by molar-refractivity contribution is 5.81. The normalized spacial score (nSPS) is 30.0. The maximum absolute atomic E-state index is 13.6. The van der Waals surface area contributed by atoms with Crippen molar-refractivity contribution in [1.29, 1.82) is 0 Å². The summed E-state index contributed by atoms with van der Waals surface area (Å²) in [5.41, 5.74) is 3.21. The SMILES string of the molecule is CC(C)(C)OC(=O)NCCCC[C@H](NC(=O)OC(C)(C)C)C(=O)O[C@H]1CC[C@@]2(C)C(=CC[C@@H]3[C@@H]2CC[C@]2(C)C(c4cccnc4)=CC[C@@H]32)C1. The van der Waals surface area contributed by atoms with Gasteiger partial charge in [-0.15, -0.1) is 0 Å². The Morgan fingerprint density at radius 3 is 2.33 bits per heavy atom. The van der Waals surface area contributed by atoms with E-state index in [2.05, 4.69) is 47.7 Å². The monoisotopic (exact) mass is 677 g/mol. The van der Waals surface area contributed by atoms with Gasteiger partial charge in [0.05, 0.1) is 0 Å². The first-order valence-electron chi connectivity index (χ1n) is 18.5. The molecule has 1 aromatic rings. The second-order valence-corrected chi connectivity index (χ2v) is 17.2. The Labute approximate surface area is 293 Å². The molecule has 2 saturated carbocycles. The highest BCUT2D eigenvalue weighted by atomic mass is 16.6. The van der Waals surface area contributed by atoms with Crippen molar-refractivity contribution in [3.05, 3.63) is 47.8 Å². The maximum atomic E-state index is 13.6. The summed E-state index contributed by atoms with van der Waals surface area (Å²) < 4.78 is 16.9. The highest BCUT2D eigenvalue weighted by Gasteiger charge is 2.57. The summed E-state index contributed by atoms with van der Waals surface area (Å²) in [5, 5.41) is 5.52. The van der Waals surface area contributed by atoms with Crippen LogP contribution in [0.1, 0.15) is 125 Å². The van der Waals surface area contributed by atoms with Crippen molar-refractivity contribution in [2.75, 3.05) is 6.54 Å². The van der Waals surface area contributed by atoms with Gasteiger partial charge in [0.1, 0.15) is 23.3 Å². The minimum atomic E-state index is -0.839. The second-order valence-electron chi connectivity index (χ2n) is 17.2. The van der Waals surface area contributed by atoms with Crippen molar-refractivity contribution in [3.8, 4) is 0 Å². The van der Waals surface area contributed by atoms with E-state index in [0.717, 1.165) is 32.1 Å². The zero-order valence-electron chi connectivity index (χ0n) is 31.0. The number of pyridine rings is 1. The zero-order valence-corrected chi connectivity index (χ0v) is 31.0. The first kappa shape index (κ1) is 36.9. The summed E-state index contributed by atoms with van der Waals surface area (Å²) in [4.78, 5) is 42.7. The van der Waals surface area contributed by atoms with E-state index in [0.29, 0.717) is 43.6 Å². The molecule has 0 radical (unpaired) electrons. The Hall–Kier alpha value is -3.36. The summed E-state index contributed by atoms with van der Waals surface area (Å²) in [5.74, 6) is 1.47. The summed E-state index contributed by atoms with van der Waals surface area (Å²) >= 11 is 0. The fraction of sp³-hybridized carbons (Fsp3) is 0.700. The topological polar surface area (TPSA) is 116 Å². The van der Waals surface area contributed by atoms with Gasteiger partial charge in [-0.05, 0) is 145 Å². The van der Waals surface area contributed by atoms with Crippen LogP contribution in [0.2, 0.25) is 0 Å². The average Bonchev–Trinajstić information content (AvgIpc) is 3.36. The van der Waals surface area contributed by atoms with Crippen molar-refractivity contribution < 1.29 is 28.6 Å². The lowest BCUT2D eigenvalue weighted by molar-refractivity contribution is -0.154. The van der Waals surface area contributed by atoms with Gasteiger partial charge in [-0.25, -0.2) is 14.4 Å². The van der Waals surface area contributed by atoms with Crippen LogP contribution in [0.15, 0.2) is 42.3 Å². The predicted molar refractivity (Wildman–Crippen MR) is 190 cm³/mol. The van der Waals surface area contributed by atoms with Crippen molar-refractivity contribution in [2.24, 2.45) is 28.6 Å². The van der Waals surface area contributed by atoms with Gasteiger partial charge in [-0.1, -0.05) is 37.6 Å². The molecule has 7 atom stereocenters. The van der Waals surface area contributed by atoms with Crippen LogP contribution in [0.25, 0.3) is 5.57 Å². The van der Waals surface area contributed by atoms with E-state index in [1.54, 1.807) is 20.8 Å². The number of hydrogen-bond acceptors (Lipinski definition) is 7. The number of alkyl carbamates (subject to hydrolysis) is 2. The van der Waals surface area contributed by atoms with E-state index in [-0.39, 0.29) is 16.9 Å². The molecule has 2 amide bonds. The van der Waals surface area contributed by atoms with E-state index in [9.17, 15) is 14.4 Å². The molecule has 5 rings (SSSR count). The van der Waals surface area contributed by atoms with Crippen LogP contribution in [0, 0.1) is 28.6 Å². The van der Waals surface area contributed by atoms with Gasteiger partial charge < -0.3 is 24.8 Å². The molecule has 0 spiro atoms. The minimum absolute atomic E-state index is 0.111. The number of ether oxygens (including phenoxy) is 3. The summed E-state index contributed by atoms with van der Waals surface area (Å²) in [6.45, 7) is 16.2. The molecule has 4 aliphatic carbocycles. The summed E-state index contributed by atoms with van der Waals surface area (Å²) in [7, 11) is 0. The van der Waals surface area contributed by atoms with Crippen molar-refractivity contribution >= 4 is 23.7 Å². The standard InChI is InChI=1S/C40H59N3O6/c1-37(2,3)48-35(45)42-23-10-9-13-33(43-36(46)49-38(4,5)6)34(44)47-28-18-20-39(7)27(24-28)14-15-29-31-17-16-30(26-12-11-22-41-25-26)40(31,8)21-19-32(29)39/h11-12,14,16,22,25,28-29,31-33H,9-10,13,15,17-21,23-24H2,1-8H3,(H,42,45)(H,43,46)/t28-,29-,31-,32-,33-,39-,40+/m0/s1. The van der Waals surface area contributed by atoms with E-state index in [1.165, 1.54) is 29.6 Å². The number of carbonyl (C=O) groups excluding carboxylic acids is 3. The second kappa shape index (κ2) is 14.5. The van der Waals surface area contributed by atoms with Gasteiger partial charge >= 0.3 is 18.2 Å². The number of rotatable bonds is 9. The van der Waals surface area contributed by atoms with Crippen LogP contribution in [0.4, 0.5) is 9.59 Å². The average molecular weight is 678 g/mol. The van der Waals surface area contributed by atoms with E-state index < -0.39 is 35.4 Å². The molecule has 1 heterocycles. The molecule has 4 aliphatic rings. The number of carbonyl (C=O) groups is 3. The predicted octanol–water partition coefficient (Wildman–Crippen LogP) is 8.54. The number of esters is 1. The van der Waals surface area contributed by atoms with Gasteiger partial charge in [0.25, 0.3) is 0 Å². The molecular weight excluding hydrogens is 618 g/mol. The molecule has 0 saturated heterocycles. The third-order valence-electron chi connectivity index (χ3n) is 11.5. The molecule has 0 aromatic carbocycles. The number of nitrogens with zero attached hydrogens (tertiary/aromatic N) is 1. The number of unbranched alkanes of at least 4 members (excludes halogenated alkanes) is 1. The van der Waals surface area contributed by atoms with Crippen molar-refractivity contribution in [1.82, 2.24) is 15.6 Å². The Bertz CT molecular complexity index is 1430. The lowest BCUT2D eigenvalue weighted by Gasteiger charge is -2.57. The zero-order chi connectivity index (χ0) is 35.6. The molecule has 0 aliphatic heterocycles. The molecular formula is C40H59N3O6. The number of nitrogens with one attached hydrogen (secondary N) is 2. The van der Waals surface area contributed by atoms with E-state index in [4.69, 9.17) is 14.2 Å². The lowest BCUT2D eigenvalue weighted by atomic mass is 9.47. The molecule has 9 heteroatoms. The van der Waals surface area contributed by atoms with Crippen molar-refractivity contribution in [2.45, 2.75) is 143 Å². The quantitative estimate of drug-likeness (QED) is 0.116. The van der Waals surface area contributed by atoms with E-state index in [1.807, 2.05) is 39.2 Å². The molecule has 2 fully saturated rings. The Morgan fingerprint density at radius 2 is 1.63 bits per heavy atom. The van der Waals surface area contributed by atoms with Gasteiger partial charge in [0.2, 0.25) is 0 Å². The molecule has 2 N–H and O–H groups in total. The molecule has 49 heavy (non-hydrogen) atoms. The highest BCUT2D eigenvalue weighted by Crippen LogP contribution is 2.66. The lowest BCUT2D eigenvalue weighted by Crippen LogP contribution is -2.50. The van der Waals surface area contributed by atoms with Crippen LogP contribution in [-0.4, -0.2) is 53.0 Å². The Kier molecular flexibility index (Phi) is 10.9. The largest absolute Gasteiger partial charge is 0.461 e. The number of allylic oxidation sites excluding steroid dienone is 3. The smallest absolute Gasteiger partial charge is 0.408 e. The van der Waals surface area contributed by atoms with Crippen LogP contribution < -0.4 is 10.6 Å². The number of fused-ring (bicyclic) bond motifs is 5. The first-order chi connectivity index (χ1) is 23.0. The molecule has 0 bridgehead atoms. The molecule has 0 unspecified atom stereocenters. The Balaban J connectivity index is 1.19. The van der Waals surface area contributed by atoms with Crippen LogP contribution >= 0.6 is 0 Å².